The molecule has 0 spiro atoms. The maximum atomic E-state index is 5.79. The van der Waals surface area contributed by atoms with Crippen molar-refractivity contribution in [2.75, 3.05) is 7.11 Å². The molecular weight excluding hydrogens is 266 g/mol. The highest BCUT2D eigenvalue weighted by Crippen LogP contribution is 2.31. The van der Waals surface area contributed by atoms with Crippen molar-refractivity contribution in [3.63, 3.8) is 0 Å². The van der Waals surface area contributed by atoms with Crippen LogP contribution in [0.4, 0.5) is 0 Å². The number of nitrogens with two attached hydrogens (primary N) is 1. The van der Waals surface area contributed by atoms with Crippen LogP contribution in [0.5, 0.6) is 5.75 Å². The average molecular weight is 283 g/mol. The molecule has 1 atom stereocenters. The third-order valence-corrected chi connectivity index (χ3v) is 3.59. The molecule has 1 unspecified atom stereocenters. The SMILES string of the molecule is COc1cnn(C)c1C(NN)c1nccc2ccccc12. The second kappa shape index (κ2) is 5.51. The first-order valence-corrected chi connectivity index (χ1v) is 6.62. The second-order valence-corrected chi connectivity index (χ2v) is 4.74. The third kappa shape index (κ3) is 2.24. The van der Waals surface area contributed by atoms with E-state index in [-0.39, 0.29) is 6.04 Å². The molecule has 1 aromatic carbocycles. The minimum Gasteiger partial charge on any atom is -0.493 e. The van der Waals surface area contributed by atoms with Crippen molar-refractivity contribution < 1.29 is 4.74 Å². The molecule has 0 bridgehead atoms. The molecule has 0 radical (unpaired) electrons. The van der Waals surface area contributed by atoms with Crippen molar-refractivity contribution in [2.45, 2.75) is 6.04 Å². The van der Waals surface area contributed by atoms with Crippen LogP contribution in [0.3, 0.4) is 0 Å². The van der Waals surface area contributed by atoms with Crippen molar-refractivity contribution in [2.24, 2.45) is 12.9 Å². The molecule has 0 amide bonds. The first kappa shape index (κ1) is 13.5. The molecule has 3 N–H and O–H groups in total. The standard InChI is InChI=1S/C15H17N5O/c1-20-15(12(21-2)9-18-20)14(19-16)13-11-6-4-3-5-10(11)7-8-17-13/h3-9,14,19H,16H2,1-2H3. The molecule has 2 heterocycles. The van der Waals surface area contributed by atoms with Gasteiger partial charge in [0.1, 0.15) is 11.7 Å². The smallest absolute Gasteiger partial charge is 0.162 e. The zero-order chi connectivity index (χ0) is 14.8. The molecule has 0 aliphatic carbocycles. The minimum atomic E-state index is -0.307. The summed E-state index contributed by atoms with van der Waals surface area (Å²) >= 11 is 0. The van der Waals surface area contributed by atoms with Gasteiger partial charge < -0.3 is 4.74 Å². The van der Waals surface area contributed by atoms with E-state index in [1.165, 1.54) is 0 Å². The Balaban J connectivity index is 2.21. The number of hydrazine groups is 1. The van der Waals surface area contributed by atoms with E-state index < -0.39 is 0 Å². The number of ether oxygens (including phenoxy) is 1. The molecule has 21 heavy (non-hydrogen) atoms. The summed E-state index contributed by atoms with van der Waals surface area (Å²) in [5.41, 5.74) is 4.51. The van der Waals surface area contributed by atoms with Gasteiger partial charge in [-0.1, -0.05) is 24.3 Å². The molecule has 3 aromatic rings. The maximum Gasteiger partial charge on any atom is 0.162 e. The first-order valence-electron chi connectivity index (χ1n) is 6.62. The molecule has 0 aliphatic heterocycles. The van der Waals surface area contributed by atoms with Gasteiger partial charge in [-0.3, -0.25) is 15.5 Å². The largest absolute Gasteiger partial charge is 0.493 e. The quantitative estimate of drug-likeness (QED) is 0.561. The number of aromatic nitrogens is 3. The van der Waals surface area contributed by atoms with Gasteiger partial charge in [-0.25, -0.2) is 5.43 Å². The van der Waals surface area contributed by atoms with Crippen molar-refractivity contribution in [3.8, 4) is 5.75 Å². The van der Waals surface area contributed by atoms with Gasteiger partial charge in [-0.2, -0.15) is 5.10 Å². The number of nitrogens with zero attached hydrogens (tertiary/aromatic N) is 3. The minimum absolute atomic E-state index is 0.307. The van der Waals surface area contributed by atoms with Gasteiger partial charge in [0.2, 0.25) is 0 Å². The maximum absolute atomic E-state index is 5.79. The molecule has 0 aliphatic rings. The Morgan fingerprint density at radius 3 is 2.86 bits per heavy atom. The fraction of sp³-hybridized carbons (Fsp3) is 0.200. The molecule has 6 heteroatoms. The molecule has 0 saturated heterocycles. The number of rotatable bonds is 4. The number of benzene rings is 1. The van der Waals surface area contributed by atoms with E-state index in [1.807, 2.05) is 31.3 Å². The lowest BCUT2D eigenvalue weighted by Gasteiger charge is -2.18. The Kier molecular flexibility index (Phi) is 3.55. The van der Waals surface area contributed by atoms with E-state index in [2.05, 4.69) is 21.6 Å². The lowest BCUT2D eigenvalue weighted by atomic mass is 10.0. The number of hydrogen-bond donors (Lipinski definition) is 2. The predicted molar refractivity (Wildman–Crippen MR) is 80.7 cm³/mol. The highest BCUT2D eigenvalue weighted by atomic mass is 16.5. The number of fused-ring (bicyclic) bond motifs is 1. The van der Waals surface area contributed by atoms with Crippen LogP contribution in [0, 0.1) is 0 Å². The number of nitrogens with one attached hydrogen (secondary N) is 1. The molecule has 3 rings (SSSR count). The van der Waals surface area contributed by atoms with Crippen LogP contribution in [-0.2, 0) is 7.05 Å². The van der Waals surface area contributed by atoms with E-state index in [1.54, 1.807) is 24.2 Å². The summed E-state index contributed by atoms with van der Waals surface area (Å²) in [7, 11) is 3.47. The van der Waals surface area contributed by atoms with Gasteiger partial charge in [0, 0.05) is 18.6 Å². The summed E-state index contributed by atoms with van der Waals surface area (Å²) in [5, 5.41) is 6.39. The lowest BCUT2D eigenvalue weighted by molar-refractivity contribution is 0.400. The average Bonchev–Trinajstić information content (AvgIpc) is 2.90. The summed E-state index contributed by atoms with van der Waals surface area (Å²) in [5.74, 6) is 6.47. The Morgan fingerprint density at radius 1 is 1.29 bits per heavy atom. The molecule has 6 nitrogen and oxygen atoms in total. The van der Waals surface area contributed by atoms with Gasteiger partial charge in [0.25, 0.3) is 0 Å². The highest BCUT2D eigenvalue weighted by molar-refractivity contribution is 5.85. The highest BCUT2D eigenvalue weighted by Gasteiger charge is 2.24. The molecule has 0 saturated carbocycles. The second-order valence-electron chi connectivity index (χ2n) is 4.74. The van der Waals surface area contributed by atoms with Crippen molar-refractivity contribution >= 4 is 10.8 Å². The van der Waals surface area contributed by atoms with Crippen LogP contribution in [0.25, 0.3) is 10.8 Å². The Bertz CT molecular complexity index is 762. The Labute approximate surface area is 122 Å². The third-order valence-electron chi connectivity index (χ3n) is 3.59. The number of aryl methyl sites for hydroxylation is 1. The summed E-state index contributed by atoms with van der Waals surface area (Å²) in [6.07, 6.45) is 3.45. The molecule has 108 valence electrons. The predicted octanol–water partition coefficient (Wildman–Crippen LogP) is 1.53. The fourth-order valence-electron chi connectivity index (χ4n) is 2.57. The van der Waals surface area contributed by atoms with Gasteiger partial charge >= 0.3 is 0 Å². The zero-order valence-corrected chi connectivity index (χ0v) is 11.9. The van der Waals surface area contributed by atoms with Crippen LogP contribution >= 0.6 is 0 Å². The molecule has 0 fully saturated rings. The summed E-state index contributed by atoms with van der Waals surface area (Å²) < 4.78 is 7.12. The van der Waals surface area contributed by atoms with E-state index in [0.717, 1.165) is 22.2 Å². The normalized spacial score (nSPS) is 12.5. The van der Waals surface area contributed by atoms with Crippen LogP contribution in [0.15, 0.2) is 42.7 Å². The Hall–Kier alpha value is -2.44. The van der Waals surface area contributed by atoms with Crippen LogP contribution in [0.2, 0.25) is 0 Å². The summed E-state index contributed by atoms with van der Waals surface area (Å²) in [4.78, 5) is 4.51. The number of hydrogen-bond acceptors (Lipinski definition) is 5. The van der Waals surface area contributed by atoms with Crippen molar-refractivity contribution in [1.82, 2.24) is 20.2 Å². The molecule has 2 aromatic heterocycles. The first-order chi connectivity index (χ1) is 10.3. The Morgan fingerprint density at radius 2 is 2.10 bits per heavy atom. The van der Waals surface area contributed by atoms with Gasteiger partial charge in [0.15, 0.2) is 5.75 Å². The van der Waals surface area contributed by atoms with Crippen molar-refractivity contribution in [3.05, 3.63) is 54.1 Å². The fourth-order valence-corrected chi connectivity index (χ4v) is 2.57. The number of pyridine rings is 1. The van der Waals surface area contributed by atoms with Gasteiger partial charge in [-0.05, 0) is 11.5 Å². The van der Waals surface area contributed by atoms with E-state index in [0.29, 0.717) is 5.75 Å². The van der Waals surface area contributed by atoms with Gasteiger partial charge in [-0.15, -0.1) is 0 Å². The summed E-state index contributed by atoms with van der Waals surface area (Å²) in [6.45, 7) is 0. The number of methoxy groups -OCH3 is 1. The lowest BCUT2D eigenvalue weighted by Crippen LogP contribution is -2.31. The zero-order valence-electron chi connectivity index (χ0n) is 11.9. The van der Waals surface area contributed by atoms with E-state index >= 15 is 0 Å². The van der Waals surface area contributed by atoms with Gasteiger partial charge in [0.05, 0.1) is 19.0 Å². The van der Waals surface area contributed by atoms with E-state index in [9.17, 15) is 0 Å². The van der Waals surface area contributed by atoms with Crippen LogP contribution in [0.1, 0.15) is 17.4 Å². The molecular formula is C15H17N5O. The monoisotopic (exact) mass is 283 g/mol. The van der Waals surface area contributed by atoms with Crippen LogP contribution in [-0.4, -0.2) is 21.9 Å². The summed E-state index contributed by atoms with van der Waals surface area (Å²) in [6, 6.07) is 9.74. The topological polar surface area (TPSA) is 78.0 Å². The van der Waals surface area contributed by atoms with Crippen molar-refractivity contribution in [1.29, 1.82) is 0 Å². The van der Waals surface area contributed by atoms with E-state index in [4.69, 9.17) is 10.6 Å². The van der Waals surface area contributed by atoms with Crippen LogP contribution < -0.4 is 16.0 Å².